The monoisotopic (exact) mass is 525 g/mol. The van der Waals surface area contributed by atoms with E-state index < -0.39 is 6.04 Å². The Morgan fingerprint density at radius 2 is 1.74 bits per heavy atom. The van der Waals surface area contributed by atoms with Crippen LogP contribution >= 0.6 is 0 Å². The number of ketones is 1. The number of carbonyl (C=O) groups excluding carboxylic acids is 2. The van der Waals surface area contributed by atoms with Crippen LogP contribution in [0.3, 0.4) is 0 Å². The van der Waals surface area contributed by atoms with Crippen LogP contribution < -0.4 is 15.1 Å². The Morgan fingerprint density at radius 1 is 0.974 bits per heavy atom. The Morgan fingerprint density at radius 3 is 2.44 bits per heavy atom. The highest BCUT2D eigenvalue weighted by Gasteiger charge is 2.41. The molecule has 0 saturated heterocycles. The maximum Gasteiger partial charge on any atom is 0.227 e. The Balaban J connectivity index is 1.65. The molecule has 0 spiro atoms. The van der Waals surface area contributed by atoms with Crippen LogP contribution in [0.5, 0.6) is 0 Å². The fourth-order valence-corrected chi connectivity index (χ4v) is 6.01. The van der Waals surface area contributed by atoms with Gasteiger partial charge < -0.3 is 14.6 Å². The van der Waals surface area contributed by atoms with Crippen molar-refractivity contribution in [2.45, 2.75) is 71.3 Å². The van der Waals surface area contributed by atoms with Gasteiger partial charge in [0.1, 0.15) is 5.76 Å². The first-order valence-corrected chi connectivity index (χ1v) is 14.4. The van der Waals surface area contributed by atoms with Crippen LogP contribution in [0.25, 0.3) is 0 Å². The van der Waals surface area contributed by atoms with Gasteiger partial charge in [0.05, 0.1) is 23.7 Å². The zero-order valence-electron chi connectivity index (χ0n) is 23.3. The molecule has 1 aliphatic heterocycles. The number of unbranched alkanes of at least 4 members (excludes halogenated alkanes) is 2. The van der Waals surface area contributed by atoms with Crippen LogP contribution in [-0.4, -0.2) is 24.8 Å². The molecule has 0 bridgehead atoms. The number of Topliss-reactive ketones (excluding diaryl/α,β-unsaturated/α-hetero) is 1. The van der Waals surface area contributed by atoms with Crippen molar-refractivity contribution >= 4 is 28.8 Å². The first-order chi connectivity index (χ1) is 19.0. The summed E-state index contributed by atoms with van der Waals surface area (Å²) >= 11 is 0. The molecular weight excluding hydrogens is 486 g/mol. The average molecular weight is 526 g/mol. The van der Waals surface area contributed by atoms with E-state index in [2.05, 4.69) is 55.3 Å². The molecule has 0 unspecified atom stereocenters. The lowest BCUT2D eigenvalue weighted by Crippen LogP contribution is -2.38. The summed E-state index contributed by atoms with van der Waals surface area (Å²) in [5, 5.41) is 3.60. The van der Waals surface area contributed by atoms with E-state index in [9.17, 15) is 9.59 Å². The Hall–Kier alpha value is -3.80. The van der Waals surface area contributed by atoms with Gasteiger partial charge in [-0.1, -0.05) is 44.0 Å². The Kier molecular flexibility index (Phi) is 8.20. The van der Waals surface area contributed by atoms with Gasteiger partial charge in [0.2, 0.25) is 5.91 Å². The lowest BCUT2D eigenvalue weighted by molar-refractivity contribution is -0.119. The van der Waals surface area contributed by atoms with E-state index in [1.807, 2.05) is 41.3 Å². The Labute approximate surface area is 231 Å². The molecule has 0 fully saturated rings. The second-order valence-electron chi connectivity index (χ2n) is 10.5. The number of hydrogen-bond acceptors (Lipinski definition) is 5. The van der Waals surface area contributed by atoms with Gasteiger partial charge in [-0.15, -0.1) is 0 Å². The summed E-state index contributed by atoms with van der Waals surface area (Å²) in [6, 6.07) is 19.7. The minimum atomic E-state index is -0.499. The van der Waals surface area contributed by atoms with Gasteiger partial charge in [-0.2, -0.15) is 0 Å². The maximum absolute atomic E-state index is 14.0. The van der Waals surface area contributed by atoms with Crippen LogP contribution in [0, 0.1) is 0 Å². The fraction of sp³-hybridized carbons (Fsp3) is 0.394. The third-order valence-corrected chi connectivity index (χ3v) is 8.03. The highest BCUT2D eigenvalue weighted by Crippen LogP contribution is 2.47. The third kappa shape index (κ3) is 5.38. The number of carbonyl (C=O) groups is 2. The van der Waals surface area contributed by atoms with Gasteiger partial charge in [0, 0.05) is 48.8 Å². The number of fused-ring (bicyclic) bond motifs is 1. The summed E-state index contributed by atoms with van der Waals surface area (Å²) < 4.78 is 5.71. The molecule has 1 aliphatic carbocycles. The topological polar surface area (TPSA) is 65.8 Å². The van der Waals surface area contributed by atoms with E-state index in [1.54, 1.807) is 6.26 Å². The van der Waals surface area contributed by atoms with E-state index in [0.29, 0.717) is 24.8 Å². The number of anilines is 3. The predicted octanol–water partition coefficient (Wildman–Crippen LogP) is 7.61. The molecule has 1 amide bonds. The molecule has 2 atom stereocenters. The lowest BCUT2D eigenvalue weighted by Gasteiger charge is -2.35. The van der Waals surface area contributed by atoms with Crippen molar-refractivity contribution in [3.8, 4) is 0 Å². The molecule has 1 N–H and O–H groups in total. The minimum Gasteiger partial charge on any atom is -0.469 e. The molecule has 5 rings (SSSR count). The van der Waals surface area contributed by atoms with Crippen molar-refractivity contribution in [1.29, 1.82) is 0 Å². The molecule has 39 heavy (non-hydrogen) atoms. The van der Waals surface area contributed by atoms with E-state index >= 15 is 0 Å². The summed E-state index contributed by atoms with van der Waals surface area (Å²) in [7, 11) is 0. The van der Waals surface area contributed by atoms with Crippen LogP contribution in [0.1, 0.15) is 82.6 Å². The second kappa shape index (κ2) is 11.9. The van der Waals surface area contributed by atoms with E-state index in [1.165, 1.54) is 0 Å². The average Bonchev–Trinajstić information content (AvgIpc) is 3.44. The van der Waals surface area contributed by atoms with Gasteiger partial charge in [-0.25, -0.2) is 0 Å². The van der Waals surface area contributed by atoms with Gasteiger partial charge >= 0.3 is 0 Å². The zero-order valence-corrected chi connectivity index (χ0v) is 23.3. The highest BCUT2D eigenvalue weighted by atomic mass is 16.3. The normalized spacial score (nSPS) is 18.7. The van der Waals surface area contributed by atoms with Crippen LogP contribution in [0.15, 0.2) is 82.6 Å². The molecule has 1 aromatic heterocycles. The molecule has 204 valence electrons. The number of rotatable bonds is 9. The number of para-hydroxylation sites is 2. The number of furan rings is 1. The Bertz CT molecular complexity index is 1320. The number of amides is 1. The molecule has 2 aliphatic rings. The summed E-state index contributed by atoms with van der Waals surface area (Å²) in [5.74, 6) is 0.887. The van der Waals surface area contributed by atoms with Gasteiger partial charge in [0.15, 0.2) is 5.78 Å². The van der Waals surface area contributed by atoms with Crippen LogP contribution in [0.4, 0.5) is 17.1 Å². The number of benzene rings is 2. The van der Waals surface area contributed by atoms with Crippen molar-refractivity contribution < 1.29 is 14.0 Å². The quantitative estimate of drug-likeness (QED) is 0.291. The molecule has 6 heteroatoms. The number of nitrogens with one attached hydrogen (secondary N) is 1. The number of hydrogen-bond donors (Lipinski definition) is 1. The molecule has 2 aromatic carbocycles. The lowest BCUT2D eigenvalue weighted by atomic mass is 9.80. The number of nitrogens with zero attached hydrogens (tertiary/aromatic N) is 2. The van der Waals surface area contributed by atoms with E-state index in [-0.39, 0.29) is 17.6 Å². The van der Waals surface area contributed by atoms with Crippen molar-refractivity contribution in [3.63, 3.8) is 0 Å². The number of allylic oxidation sites excluding steroid dienone is 1. The summed E-state index contributed by atoms with van der Waals surface area (Å²) in [6.45, 7) is 8.27. The first kappa shape index (κ1) is 26.8. The van der Waals surface area contributed by atoms with Gasteiger partial charge in [0.25, 0.3) is 0 Å². The zero-order chi connectivity index (χ0) is 27.4. The summed E-state index contributed by atoms with van der Waals surface area (Å²) in [5.41, 5.74) is 5.32. The van der Waals surface area contributed by atoms with E-state index in [0.717, 1.165) is 66.4 Å². The maximum atomic E-state index is 14.0. The smallest absolute Gasteiger partial charge is 0.227 e. The van der Waals surface area contributed by atoms with Crippen molar-refractivity contribution in [1.82, 2.24) is 0 Å². The molecule has 0 saturated carbocycles. The fourth-order valence-electron chi connectivity index (χ4n) is 6.01. The van der Waals surface area contributed by atoms with Crippen LogP contribution in [0.2, 0.25) is 0 Å². The molecule has 6 nitrogen and oxygen atoms in total. The molecule has 3 aromatic rings. The SMILES string of the molecule is CCCCCC(=O)N1c2ccccc2NC2=C(C(=O)C[C@H](c3ccco3)C2)[C@H]1c1ccc(N(CC)CC)cc1. The van der Waals surface area contributed by atoms with Gasteiger partial charge in [-0.05, 0) is 68.7 Å². The molecule has 2 heterocycles. The standard InChI is InChI=1S/C33H39N3O3/c1-4-7-8-15-31(38)36-28-13-10-9-12-26(28)34-27-21-24(30-14-11-20-39-30)22-29(37)32(27)33(36)23-16-18-25(19-17-23)35(5-2)6-3/h9-14,16-20,24,33-34H,4-8,15,21-22H2,1-3H3/t24-,33-/m1/s1. The predicted molar refractivity (Wildman–Crippen MR) is 157 cm³/mol. The highest BCUT2D eigenvalue weighted by molar-refractivity contribution is 6.06. The van der Waals surface area contributed by atoms with Gasteiger partial charge in [-0.3, -0.25) is 14.5 Å². The second-order valence-corrected chi connectivity index (χ2v) is 10.5. The van der Waals surface area contributed by atoms with Crippen molar-refractivity contribution in [2.75, 3.05) is 28.2 Å². The molecule has 0 radical (unpaired) electrons. The van der Waals surface area contributed by atoms with E-state index in [4.69, 9.17) is 4.42 Å². The third-order valence-electron chi connectivity index (χ3n) is 8.03. The summed E-state index contributed by atoms with van der Waals surface area (Å²) in [4.78, 5) is 32.2. The first-order valence-electron chi connectivity index (χ1n) is 14.4. The van der Waals surface area contributed by atoms with Crippen molar-refractivity contribution in [3.05, 3.63) is 89.5 Å². The molecular formula is C33H39N3O3. The largest absolute Gasteiger partial charge is 0.469 e. The summed E-state index contributed by atoms with van der Waals surface area (Å²) in [6.07, 6.45) is 5.99. The minimum absolute atomic E-state index is 0.0385. The van der Waals surface area contributed by atoms with Crippen molar-refractivity contribution in [2.24, 2.45) is 0 Å². The van der Waals surface area contributed by atoms with Crippen LogP contribution in [-0.2, 0) is 9.59 Å².